The Morgan fingerprint density at radius 1 is 1.32 bits per heavy atom. The number of rotatable bonds is 4. The van der Waals surface area contributed by atoms with Crippen LogP contribution >= 0.6 is 11.6 Å². The van der Waals surface area contributed by atoms with Crippen molar-refractivity contribution in [2.24, 2.45) is 0 Å². The number of benzene rings is 1. The molecule has 28 heavy (non-hydrogen) atoms. The summed E-state index contributed by atoms with van der Waals surface area (Å²) >= 11 is 5.84. The first kappa shape index (κ1) is 19.9. The molecule has 1 aromatic heterocycles. The highest BCUT2D eigenvalue weighted by atomic mass is 35.5. The van der Waals surface area contributed by atoms with Crippen molar-refractivity contribution in [3.63, 3.8) is 0 Å². The van der Waals surface area contributed by atoms with Gasteiger partial charge in [-0.2, -0.15) is 13.2 Å². The maximum atomic E-state index is 12.8. The summed E-state index contributed by atoms with van der Waals surface area (Å²) in [4.78, 5) is 28.2. The fraction of sp³-hybridized carbons (Fsp3) is 0.294. The van der Waals surface area contributed by atoms with E-state index < -0.39 is 28.7 Å². The smallest absolute Gasteiger partial charge is 0.416 e. The van der Waals surface area contributed by atoms with E-state index in [1.807, 2.05) is 0 Å². The Hall–Kier alpha value is -2.88. The Morgan fingerprint density at radius 2 is 2.07 bits per heavy atom. The van der Waals surface area contributed by atoms with Crippen molar-refractivity contribution in [2.45, 2.75) is 18.7 Å². The van der Waals surface area contributed by atoms with Crippen molar-refractivity contribution in [2.75, 3.05) is 13.1 Å². The first-order valence-electron chi connectivity index (χ1n) is 8.08. The molecule has 0 bridgehead atoms. The molecule has 11 heteroatoms. The third-order valence-electron chi connectivity index (χ3n) is 4.17. The third kappa shape index (κ3) is 4.33. The summed E-state index contributed by atoms with van der Waals surface area (Å²) in [6.07, 6.45) is -3.77. The van der Waals surface area contributed by atoms with Gasteiger partial charge in [0.2, 0.25) is 5.88 Å². The van der Waals surface area contributed by atoms with Gasteiger partial charge in [0.05, 0.1) is 17.0 Å². The van der Waals surface area contributed by atoms with Gasteiger partial charge in [0.15, 0.2) is 0 Å². The lowest BCUT2D eigenvalue weighted by atomic mass is 10.1. The minimum Gasteiger partial charge on any atom is -0.472 e. The number of likely N-dealkylation sites (tertiary alicyclic amines) is 1. The van der Waals surface area contributed by atoms with Crippen LogP contribution in [0.25, 0.3) is 0 Å². The molecule has 1 atom stereocenters. The van der Waals surface area contributed by atoms with Gasteiger partial charge in [0.1, 0.15) is 11.7 Å². The van der Waals surface area contributed by atoms with Crippen molar-refractivity contribution >= 4 is 23.2 Å². The first-order chi connectivity index (χ1) is 13.1. The van der Waals surface area contributed by atoms with Crippen LogP contribution in [-0.4, -0.2) is 39.9 Å². The molecule has 1 aromatic carbocycles. The minimum absolute atomic E-state index is 0.0560. The Labute approximate surface area is 161 Å². The van der Waals surface area contributed by atoms with Gasteiger partial charge in [-0.1, -0.05) is 11.6 Å². The number of hydrogen-bond acceptors (Lipinski definition) is 5. The number of carbonyl (C=O) groups is 1. The highest BCUT2D eigenvalue weighted by Gasteiger charge is 2.34. The Bertz CT molecular complexity index is 923. The van der Waals surface area contributed by atoms with E-state index in [4.69, 9.17) is 16.3 Å². The fourth-order valence-electron chi connectivity index (χ4n) is 2.84. The zero-order chi connectivity index (χ0) is 20.5. The molecule has 148 valence electrons. The number of hydrogen-bond donors (Lipinski definition) is 0. The zero-order valence-electron chi connectivity index (χ0n) is 14.1. The molecule has 7 nitrogen and oxygen atoms in total. The molecule has 0 radical (unpaired) electrons. The van der Waals surface area contributed by atoms with Gasteiger partial charge in [-0.05, 0) is 18.2 Å². The number of amides is 1. The Kier molecular flexibility index (Phi) is 5.41. The molecule has 3 rings (SSSR count). The number of alkyl halides is 3. The number of ether oxygens (including phenoxy) is 1. The van der Waals surface area contributed by atoms with Gasteiger partial charge in [0.25, 0.3) is 11.6 Å². The van der Waals surface area contributed by atoms with E-state index in [1.165, 1.54) is 17.0 Å². The average molecular weight is 416 g/mol. The molecule has 1 unspecified atom stereocenters. The number of aromatic nitrogens is 1. The van der Waals surface area contributed by atoms with Gasteiger partial charge in [0, 0.05) is 36.3 Å². The maximum Gasteiger partial charge on any atom is 0.416 e. The highest BCUT2D eigenvalue weighted by molar-refractivity contribution is 6.31. The summed E-state index contributed by atoms with van der Waals surface area (Å²) in [7, 11) is 0. The SMILES string of the molecule is O=C(c1cc(Cl)ccc1[N+](=O)[O-])N1CCC(Oc2cc(C(F)(F)F)ccn2)C1. The molecule has 2 aromatic rings. The summed E-state index contributed by atoms with van der Waals surface area (Å²) in [5.41, 5.74) is -1.42. The van der Waals surface area contributed by atoms with Crippen LogP contribution in [0.5, 0.6) is 5.88 Å². The fourth-order valence-corrected chi connectivity index (χ4v) is 3.01. The van der Waals surface area contributed by atoms with Gasteiger partial charge < -0.3 is 9.64 Å². The number of nitrogens with zero attached hydrogens (tertiary/aromatic N) is 3. The van der Waals surface area contributed by atoms with Crippen LogP contribution < -0.4 is 4.74 Å². The van der Waals surface area contributed by atoms with E-state index in [-0.39, 0.29) is 35.2 Å². The van der Waals surface area contributed by atoms with Crippen LogP contribution in [0, 0.1) is 10.1 Å². The predicted molar refractivity (Wildman–Crippen MR) is 92.3 cm³/mol. The molecular weight excluding hydrogens is 403 g/mol. The molecule has 0 aliphatic carbocycles. The summed E-state index contributed by atoms with van der Waals surface area (Å²) in [6.45, 7) is 0.284. The molecule has 0 spiro atoms. The van der Waals surface area contributed by atoms with E-state index in [1.54, 1.807) is 0 Å². The molecule has 1 amide bonds. The van der Waals surface area contributed by atoms with E-state index in [2.05, 4.69) is 4.98 Å². The Morgan fingerprint density at radius 3 is 2.75 bits per heavy atom. The standard InChI is InChI=1S/C17H13ClF3N3O4/c18-11-1-2-14(24(26)27)13(8-11)16(25)23-6-4-12(9-23)28-15-7-10(3-5-22-15)17(19,20)21/h1-3,5,7-8,12H,4,6,9H2. The molecule has 1 saturated heterocycles. The second-order valence-corrected chi connectivity index (χ2v) is 6.52. The summed E-state index contributed by atoms with van der Waals surface area (Å²) in [5.74, 6) is -0.805. The number of pyridine rings is 1. The van der Waals surface area contributed by atoms with Crippen LogP contribution in [0.15, 0.2) is 36.5 Å². The van der Waals surface area contributed by atoms with Crippen LogP contribution in [0.4, 0.5) is 18.9 Å². The topological polar surface area (TPSA) is 85.6 Å². The van der Waals surface area contributed by atoms with Crippen LogP contribution in [-0.2, 0) is 6.18 Å². The molecule has 1 fully saturated rings. The van der Waals surface area contributed by atoms with Gasteiger partial charge >= 0.3 is 6.18 Å². The number of carbonyl (C=O) groups excluding carboxylic acids is 1. The highest BCUT2D eigenvalue weighted by Crippen LogP contribution is 2.31. The van der Waals surface area contributed by atoms with Gasteiger partial charge in [-0.15, -0.1) is 0 Å². The van der Waals surface area contributed by atoms with Crippen LogP contribution in [0.1, 0.15) is 22.3 Å². The molecule has 1 aliphatic heterocycles. The predicted octanol–water partition coefficient (Wildman–Crippen LogP) is 3.96. The maximum absolute atomic E-state index is 12.8. The van der Waals surface area contributed by atoms with Crippen LogP contribution in [0.3, 0.4) is 0 Å². The zero-order valence-corrected chi connectivity index (χ0v) is 14.9. The second-order valence-electron chi connectivity index (χ2n) is 6.08. The normalized spacial score (nSPS) is 16.9. The quantitative estimate of drug-likeness (QED) is 0.557. The second kappa shape index (κ2) is 7.63. The molecule has 1 aliphatic rings. The third-order valence-corrected chi connectivity index (χ3v) is 4.40. The van der Waals surface area contributed by atoms with E-state index in [0.717, 1.165) is 24.4 Å². The van der Waals surface area contributed by atoms with Crippen molar-refractivity contribution in [3.8, 4) is 5.88 Å². The Balaban J connectivity index is 1.72. The van der Waals surface area contributed by atoms with E-state index in [0.29, 0.717) is 6.42 Å². The lowest BCUT2D eigenvalue weighted by molar-refractivity contribution is -0.385. The lowest BCUT2D eigenvalue weighted by Crippen LogP contribution is -2.31. The minimum atomic E-state index is -4.52. The number of nitro groups is 1. The summed E-state index contributed by atoms with van der Waals surface area (Å²) in [5, 5.41) is 11.3. The van der Waals surface area contributed by atoms with Gasteiger partial charge in [-0.3, -0.25) is 14.9 Å². The molecule has 2 heterocycles. The monoisotopic (exact) mass is 415 g/mol. The van der Waals surface area contributed by atoms with E-state index >= 15 is 0 Å². The van der Waals surface area contributed by atoms with E-state index in [9.17, 15) is 28.1 Å². The first-order valence-corrected chi connectivity index (χ1v) is 8.46. The van der Waals surface area contributed by atoms with Crippen LogP contribution in [0.2, 0.25) is 5.02 Å². The number of halogens is 4. The summed E-state index contributed by atoms with van der Waals surface area (Å²) in [6, 6.07) is 5.28. The average Bonchev–Trinajstić information content (AvgIpc) is 3.08. The molecule has 0 N–H and O–H groups in total. The molecular formula is C17H13ClF3N3O4. The molecule has 0 saturated carbocycles. The van der Waals surface area contributed by atoms with Crippen molar-refractivity contribution in [1.29, 1.82) is 0 Å². The van der Waals surface area contributed by atoms with Crippen molar-refractivity contribution in [3.05, 3.63) is 62.8 Å². The number of nitro benzene ring substituents is 1. The van der Waals surface area contributed by atoms with Crippen molar-refractivity contribution < 1.29 is 27.6 Å². The lowest BCUT2D eigenvalue weighted by Gasteiger charge is -2.17. The summed E-state index contributed by atoms with van der Waals surface area (Å²) < 4.78 is 43.8. The van der Waals surface area contributed by atoms with Crippen molar-refractivity contribution in [1.82, 2.24) is 9.88 Å². The van der Waals surface area contributed by atoms with Gasteiger partial charge in [-0.25, -0.2) is 4.98 Å². The largest absolute Gasteiger partial charge is 0.472 e.